The molecule has 1 unspecified atom stereocenters. The Morgan fingerprint density at radius 1 is 1.00 bits per heavy atom. The van der Waals surface area contributed by atoms with Crippen LogP contribution in [0.15, 0.2) is 70.5 Å². The molecule has 8 nitrogen and oxygen atoms in total. The Bertz CT molecular complexity index is 1730. The molecule has 0 amide bonds. The van der Waals surface area contributed by atoms with Crippen molar-refractivity contribution in [3.05, 3.63) is 94.1 Å². The maximum Gasteiger partial charge on any atom is 0.379 e. The summed E-state index contributed by atoms with van der Waals surface area (Å²) in [7, 11) is 0. The van der Waals surface area contributed by atoms with E-state index in [0.717, 1.165) is 47.8 Å². The molecule has 1 aromatic heterocycles. The highest BCUT2D eigenvalue weighted by Crippen LogP contribution is 2.45. The van der Waals surface area contributed by atoms with Gasteiger partial charge in [0.25, 0.3) is 0 Å². The van der Waals surface area contributed by atoms with Gasteiger partial charge in [-0.2, -0.15) is 5.26 Å². The predicted octanol–water partition coefficient (Wildman–Crippen LogP) is 7.71. The Kier molecular flexibility index (Phi) is 8.91. The molecule has 2 N–H and O–H groups in total. The van der Waals surface area contributed by atoms with Crippen LogP contribution >= 0.6 is 0 Å². The van der Waals surface area contributed by atoms with Crippen molar-refractivity contribution in [2.24, 2.45) is 5.73 Å². The fraction of sp³-hybridized carbons (Fsp3) is 0.314. The number of rotatable bonds is 11. The van der Waals surface area contributed by atoms with E-state index in [9.17, 15) is 10.1 Å². The minimum absolute atomic E-state index is 0.0128. The third-order valence-corrected chi connectivity index (χ3v) is 7.60. The van der Waals surface area contributed by atoms with Gasteiger partial charge < -0.3 is 29.1 Å². The predicted molar refractivity (Wildman–Crippen MR) is 164 cm³/mol. The van der Waals surface area contributed by atoms with Gasteiger partial charge >= 0.3 is 5.97 Å². The number of ether oxygens (including phenoxy) is 4. The zero-order chi connectivity index (χ0) is 30.5. The van der Waals surface area contributed by atoms with Gasteiger partial charge in [0.2, 0.25) is 11.6 Å². The van der Waals surface area contributed by atoms with E-state index in [1.165, 1.54) is 0 Å². The molecule has 5 rings (SSSR count). The van der Waals surface area contributed by atoms with Gasteiger partial charge in [0, 0.05) is 22.6 Å². The molecule has 0 aliphatic carbocycles. The quantitative estimate of drug-likeness (QED) is 0.109. The summed E-state index contributed by atoms with van der Waals surface area (Å²) in [5.41, 5.74) is 10.5. The van der Waals surface area contributed by atoms with Crippen LogP contribution in [0.1, 0.15) is 78.8 Å². The number of benzene rings is 3. The van der Waals surface area contributed by atoms with Crippen molar-refractivity contribution in [2.45, 2.75) is 59.3 Å². The highest BCUT2D eigenvalue weighted by molar-refractivity contribution is 5.97. The summed E-state index contributed by atoms with van der Waals surface area (Å²) in [6.07, 6.45) is 4.03. The minimum Gasteiger partial charge on any atom is -0.490 e. The van der Waals surface area contributed by atoms with E-state index >= 15 is 0 Å². The van der Waals surface area contributed by atoms with Gasteiger partial charge in [-0.05, 0) is 68.1 Å². The molecular weight excluding hydrogens is 544 g/mol. The van der Waals surface area contributed by atoms with Crippen LogP contribution in [-0.4, -0.2) is 19.2 Å². The Labute approximate surface area is 251 Å². The number of nitrogens with zero attached hydrogens (tertiary/aromatic N) is 1. The maximum absolute atomic E-state index is 13.2. The number of carbonyl (C=O) groups excluding carboxylic acids is 1. The van der Waals surface area contributed by atoms with Crippen molar-refractivity contribution < 1.29 is 28.2 Å². The molecule has 0 fully saturated rings. The van der Waals surface area contributed by atoms with Crippen LogP contribution in [-0.2, 0) is 6.42 Å². The van der Waals surface area contributed by atoms with Gasteiger partial charge in [-0.15, -0.1) is 0 Å². The number of unbranched alkanes of at least 4 members (excludes halogenated alkanes) is 2. The number of carbonyl (C=O) groups is 1. The summed E-state index contributed by atoms with van der Waals surface area (Å²) in [6.45, 7) is 9.03. The molecule has 1 atom stereocenters. The van der Waals surface area contributed by atoms with E-state index < -0.39 is 11.9 Å². The Morgan fingerprint density at radius 3 is 2.58 bits per heavy atom. The van der Waals surface area contributed by atoms with Crippen molar-refractivity contribution in [3.8, 4) is 29.1 Å². The van der Waals surface area contributed by atoms with E-state index in [-0.39, 0.29) is 23.0 Å². The van der Waals surface area contributed by atoms with E-state index in [1.54, 1.807) is 18.2 Å². The van der Waals surface area contributed by atoms with Crippen LogP contribution in [0.25, 0.3) is 11.0 Å². The van der Waals surface area contributed by atoms with Crippen LogP contribution in [0.3, 0.4) is 0 Å². The van der Waals surface area contributed by atoms with Gasteiger partial charge in [-0.25, -0.2) is 4.79 Å². The molecule has 4 aromatic rings. The summed E-state index contributed by atoms with van der Waals surface area (Å²) in [6, 6.07) is 18.8. The van der Waals surface area contributed by atoms with Crippen LogP contribution < -0.4 is 24.7 Å². The van der Waals surface area contributed by atoms with E-state index in [2.05, 4.69) is 19.9 Å². The van der Waals surface area contributed by atoms with E-state index in [4.69, 9.17) is 29.1 Å². The largest absolute Gasteiger partial charge is 0.490 e. The number of esters is 1. The average molecular weight is 581 g/mol. The molecular formula is C35H36N2O6. The molecule has 0 radical (unpaired) electrons. The fourth-order valence-electron chi connectivity index (χ4n) is 5.30. The number of allylic oxidation sites excluding steroid dienone is 1. The van der Waals surface area contributed by atoms with E-state index in [1.807, 2.05) is 50.2 Å². The Morgan fingerprint density at radius 2 is 1.84 bits per heavy atom. The molecule has 1 aliphatic rings. The van der Waals surface area contributed by atoms with Gasteiger partial charge in [0.15, 0.2) is 11.5 Å². The van der Waals surface area contributed by atoms with Crippen molar-refractivity contribution in [3.63, 3.8) is 0 Å². The van der Waals surface area contributed by atoms with Crippen molar-refractivity contribution in [1.82, 2.24) is 0 Å². The molecule has 43 heavy (non-hydrogen) atoms. The Hall–Kier alpha value is -4.90. The summed E-state index contributed by atoms with van der Waals surface area (Å²) in [5, 5.41) is 10.9. The Balaban J connectivity index is 1.44. The summed E-state index contributed by atoms with van der Waals surface area (Å²) < 4.78 is 29.3. The van der Waals surface area contributed by atoms with Crippen molar-refractivity contribution in [1.29, 1.82) is 5.26 Å². The molecule has 0 saturated carbocycles. The second-order valence-electron chi connectivity index (χ2n) is 10.4. The molecule has 0 spiro atoms. The summed E-state index contributed by atoms with van der Waals surface area (Å²) in [4.78, 5) is 13.2. The number of hydrogen-bond acceptors (Lipinski definition) is 8. The fourth-order valence-corrected chi connectivity index (χ4v) is 5.30. The van der Waals surface area contributed by atoms with Gasteiger partial charge in [0.05, 0.1) is 19.1 Å². The standard InChI is InChI=1S/C35H36N2O6/c1-5-8-9-16-40-29-15-11-23(18-31(29)39-7-3)32-25-13-12-24(19-30(25)43-34(37)27(32)20-36)41-35(38)33-21(4)26-17-22(6-2)10-14-28(26)42-33/h10-15,17-19,32H,5-9,16,37H2,1-4H3. The third kappa shape index (κ3) is 6.02. The first kappa shape index (κ1) is 29.6. The van der Waals surface area contributed by atoms with Crippen molar-refractivity contribution >= 4 is 16.9 Å². The van der Waals surface area contributed by atoms with Gasteiger partial charge in [0.1, 0.15) is 28.7 Å². The molecule has 8 heteroatoms. The third-order valence-electron chi connectivity index (χ3n) is 7.60. The molecule has 1 aliphatic heterocycles. The average Bonchev–Trinajstić information content (AvgIpc) is 3.34. The smallest absolute Gasteiger partial charge is 0.379 e. The number of fused-ring (bicyclic) bond motifs is 2. The van der Waals surface area contributed by atoms with Crippen LogP contribution in [0.2, 0.25) is 0 Å². The SMILES string of the molecule is CCCCCOc1ccc(C2C(C#N)=C(N)Oc3cc(OC(=O)c4oc5ccc(CC)cc5c4C)ccc32)cc1OCC. The number of hydrogen-bond donors (Lipinski definition) is 1. The summed E-state index contributed by atoms with van der Waals surface area (Å²) in [5.74, 6) is 0.895. The van der Waals surface area contributed by atoms with Crippen LogP contribution in [0.4, 0.5) is 0 Å². The number of aryl methyl sites for hydroxylation is 2. The zero-order valence-electron chi connectivity index (χ0n) is 25.0. The highest BCUT2D eigenvalue weighted by atomic mass is 16.5. The molecule has 222 valence electrons. The van der Waals surface area contributed by atoms with Crippen LogP contribution in [0, 0.1) is 18.3 Å². The lowest BCUT2D eigenvalue weighted by atomic mass is 9.83. The molecule has 3 aromatic carbocycles. The first-order valence-corrected chi connectivity index (χ1v) is 14.7. The topological polar surface area (TPSA) is 117 Å². The van der Waals surface area contributed by atoms with E-state index in [0.29, 0.717) is 41.6 Å². The maximum atomic E-state index is 13.2. The summed E-state index contributed by atoms with van der Waals surface area (Å²) >= 11 is 0. The van der Waals surface area contributed by atoms with Crippen molar-refractivity contribution in [2.75, 3.05) is 13.2 Å². The van der Waals surface area contributed by atoms with Crippen LogP contribution in [0.5, 0.6) is 23.0 Å². The minimum atomic E-state index is -0.615. The highest BCUT2D eigenvalue weighted by Gasteiger charge is 2.32. The molecule has 2 heterocycles. The van der Waals surface area contributed by atoms with Gasteiger partial charge in [-0.3, -0.25) is 0 Å². The lowest BCUT2D eigenvalue weighted by Gasteiger charge is -2.27. The number of furan rings is 1. The second-order valence-corrected chi connectivity index (χ2v) is 10.4. The lowest BCUT2D eigenvalue weighted by Crippen LogP contribution is -2.21. The van der Waals surface area contributed by atoms with Gasteiger partial charge in [-0.1, -0.05) is 44.9 Å². The zero-order valence-corrected chi connectivity index (χ0v) is 25.0. The first-order valence-electron chi connectivity index (χ1n) is 14.7. The second kappa shape index (κ2) is 13.0. The lowest BCUT2D eigenvalue weighted by molar-refractivity contribution is 0.0702. The number of nitriles is 1. The molecule has 0 bridgehead atoms. The first-order chi connectivity index (χ1) is 20.9. The monoisotopic (exact) mass is 580 g/mol. The normalized spacial score (nSPS) is 14.2. The molecule has 0 saturated heterocycles. The number of nitrogens with two attached hydrogens (primary N) is 1.